The van der Waals surface area contributed by atoms with Crippen LogP contribution in [0.3, 0.4) is 0 Å². The summed E-state index contributed by atoms with van der Waals surface area (Å²) in [7, 11) is -3.93. The van der Waals surface area contributed by atoms with Crippen LogP contribution in [0.15, 0.2) is 56.6 Å². The van der Waals surface area contributed by atoms with Crippen molar-refractivity contribution < 1.29 is 22.4 Å². The number of fused-ring (bicyclic) bond motifs is 3. The van der Waals surface area contributed by atoms with E-state index in [1.165, 1.54) is 18.2 Å². The van der Waals surface area contributed by atoms with Crippen LogP contribution in [0.4, 0.5) is 0 Å². The second kappa shape index (κ2) is 9.72. The molecule has 0 spiro atoms. The molecule has 180 valence electrons. The zero-order valence-corrected chi connectivity index (χ0v) is 20.4. The SMILES string of the molecule is CC[C@H](C)[C@H](NS(=O)(=O)c1ccc(C)cc1)C(=O)Oc1ccc2c3c(c(=O)oc2c1)CCCC3. The monoisotopic (exact) mass is 483 g/mol. The number of sulfonamides is 1. The fourth-order valence-corrected chi connectivity index (χ4v) is 5.55. The molecule has 0 fully saturated rings. The minimum absolute atomic E-state index is 0.0801. The van der Waals surface area contributed by atoms with Crippen molar-refractivity contribution in [2.75, 3.05) is 0 Å². The highest BCUT2D eigenvalue weighted by Crippen LogP contribution is 2.29. The second-order valence-electron chi connectivity index (χ2n) is 8.93. The molecule has 8 heteroatoms. The van der Waals surface area contributed by atoms with Crippen molar-refractivity contribution >= 4 is 27.0 Å². The number of ether oxygens (including phenoxy) is 1. The van der Waals surface area contributed by atoms with Crippen molar-refractivity contribution in [3.05, 3.63) is 69.6 Å². The number of nitrogens with one attached hydrogen (secondary N) is 1. The van der Waals surface area contributed by atoms with Crippen molar-refractivity contribution in [2.45, 2.75) is 63.8 Å². The molecule has 0 saturated carbocycles. The summed E-state index contributed by atoms with van der Waals surface area (Å²) in [6.07, 6.45) is 4.07. The first-order valence-corrected chi connectivity index (χ1v) is 13.1. The first-order chi connectivity index (χ1) is 16.2. The molecule has 1 aromatic heterocycles. The molecule has 0 aliphatic heterocycles. The first kappa shape index (κ1) is 24.2. The number of benzene rings is 2. The minimum Gasteiger partial charge on any atom is -0.425 e. The Hall–Kier alpha value is -2.97. The van der Waals surface area contributed by atoms with Crippen LogP contribution in [-0.2, 0) is 27.7 Å². The van der Waals surface area contributed by atoms with E-state index >= 15 is 0 Å². The Labute approximate surface area is 199 Å². The van der Waals surface area contributed by atoms with Crippen molar-refractivity contribution in [1.29, 1.82) is 0 Å². The summed E-state index contributed by atoms with van der Waals surface area (Å²) in [6, 6.07) is 10.3. The van der Waals surface area contributed by atoms with Gasteiger partial charge in [0.05, 0.1) is 4.90 Å². The molecule has 0 saturated heterocycles. The molecule has 0 amide bonds. The lowest BCUT2D eigenvalue weighted by atomic mass is 9.91. The van der Waals surface area contributed by atoms with Crippen molar-refractivity contribution in [3.63, 3.8) is 0 Å². The maximum Gasteiger partial charge on any atom is 0.339 e. The van der Waals surface area contributed by atoms with E-state index in [0.717, 1.165) is 41.3 Å². The highest BCUT2D eigenvalue weighted by atomic mass is 32.2. The normalized spacial score (nSPS) is 15.5. The molecular weight excluding hydrogens is 454 g/mol. The van der Waals surface area contributed by atoms with Gasteiger partial charge in [-0.2, -0.15) is 4.72 Å². The van der Waals surface area contributed by atoms with E-state index in [-0.39, 0.29) is 22.2 Å². The summed E-state index contributed by atoms with van der Waals surface area (Å²) in [5.74, 6) is -0.831. The topological polar surface area (TPSA) is 103 Å². The van der Waals surface area contributed by atoms with E-state index in [1.807, 2.05) is 13.8 Å². The average molecular weight is 484 g/mol. The predicted octanol–water partition coefficient (Wildman–Crippen LogP) is 4.28. The van der Waals surface area contributed by atoms with E-state index in [4.69, 9.17) is 9.15 Å². The Bertz CT molecular complexity index is 1370. The number of hydrogen-bond acceptors (Lipinski definition) is 6. The Kier molecular flexibility index (Phi) is 6.91. The maximum absolute atomic E-state index is 13.1. The van der Waals surface area contributed by atoms with E-state index in [1.54, 1.807) is 31.2 Å². The number of carbonyl (C=O) groups is 1. The van der Waals surface area contributed by atoms with Crippen LogP contribution in [0.5, 0.6) is 5.75 Å². The van der Waals surface area contributed by atoms with Gasteiger partial charge in [-0.25, -0.2) is 18.0 Å². The average Bonchev–Trinajstić information content (AvgIpc) is 2.82. The second-order valence-corrected chi connectivity index (χ2v) is 10.6. The Morgan fingerprint density at radius 3 is 2.44 bits per heavy atom. The van der Waals surface area contributed by atoms with Gasteiger partial charge in [0, 0.05) is 17.0 Å². The third kappa shape index (κ3) is 4.93. The number of rotatable bonds is 7. The summed E-state index contributed by atoms with van der Waals surface area (Å²) in [5.41, 5.74) is 2.66. The third-order valence-corrected chi connectivity index (χ3v) is 7.95. The van der Waals surface area contributed by atoms with Crippen LogP contribution in [0.2, 0.25) is 0 Å². The smallest absolute Gasteiger partial charge is 0.339 e. The quantitative estimate of drug-likeness (QED) is 0.306. The van der Waals surface area contributed by atoms with Crippen molar-refractivity contribution in [3.8, 4) is 5.75 Å². The summed E-state index contributed by atoms with van der Waals surface area (Å²) < 4.78 is 39.4. The summed E-state index contributed by atoms with van der Waals surface area (Å²) in [5, 5.41) is 0.840. The number of esters is 1. The lowest BCUT2D eigenvalue weighted by molar-refractivity contribution is -0.137. The van der Waals surface area contributed by atoms with Gasteiger partial charge in [-0.15, -0.1) is 0 Å². The standard InChI is InChI=1S/C26H29NO6S/c1-4-17(3)24(27-34(30,31)19-12-9-16(2)10-13-19)26(29)32-18-11-14-21-20-7-5-6-8-22(20)25(28)33-23(21)15-18/h9-15,17,24,27H,4-8H2,1-3H3/t17-,24-/m0/s1. The highest BCUT2D eigenvalue weighted by molar-refractivity contribution is 7.89. The number of aryl methyl sites for hydroxylation is 2. The molecule has 4 rings (SSSR count). The molecule has 3 aromatic rings. The molecule has 1 heterocycles. The largest absolute Gasteiger partial charge is 0.425 e. The molecule has 2 atom stereocenters. The fraction of sp³-hybridized carbons (Fsp3) is 0.385. The van der Waals surface area contributed by atoms with Gasteiger partial charge in [-0.1, -0.05) is 38.0 Å². The van der Waals surface area contributed by atoms with Crippen LogP contribution in [-0.4, -0.2) is 20.4 Å². The van der Waals surface area contributed by atoms with Crippen molar-refractivity contribution in [1.82, 2.24) is 4.72 Å². The molecule has 0 radical (unpaired) electrons. The Balaban J connectivity index is 1.60. The van der Waals surface area contributed by atoms with Crippen molar-refractivity contribution in [2.24, 2.45) is 5.92 Å². The summed E-state index contributed by atoms with van der Waals surface area (Å²) in [6.45, 7) is 5.53. The van der Waals surface area contributed by atoms with E-state index in [0.29, 0.717) is 18.4 Å². The van der Waals surface area contributed by atoms with Crippen LogP contribution in [0.25, 0.3) is 11.0 Å². The van der Waals surface area contributed by atoms with Crippen LogP contribution in [0, 0.1) is 12.8 Å². The molecule has 0 bridgehead atoms. The van der Waals surface area contributed by atoms with E-state index in [2.05, 4.69) is 4.72 Å². The van der Waals surface area contributed by atoms with Gasteiger partial charge in [0.25, 0.3) is 0 Å². The summed E-state index contributed by atoms with van der Waals surface area (Å²) in [4.78, 5) is 25.6. The van der Waals surface area contributed by atoms with Gasteiger partial charge >= 0.3 is 11.6 Å². The van der Waals surface area contributed by atoms with E-state index < -0.39 is 22.0 Å². The molecule has 34 heavy (non-hydrogen) atoms. The number of carbonyl (C=O) groups excluding carboxylic acids is 1. The molecule has 1 aliphatic rings. The Morgan fingerprint density at radius 1 is 1.09 bits per heavy atom. The lowest BCUT2D eigenvalue weighted by Crippen LogP contribution is -2.46. The maximum atomic E-state index is 13.1. The van der Waals surface area contributed by atoms with Gasteiger partial charge in [0.1, 0.15) is 17.4 Å². The lowest BCUT2D eigenvalue weighted by Gasteiger charge is -2.22. The zero-order chi connectivity index (χ0) is 24.5. The summed E-state index contributed by atoms with van der Waals surface area (Å²) >= 11 is 0. The number of hydrogen-bond donors (Lipinski definition) is 1. The van der Waals surface area contributed by atoms with Gasteiger partial charge in [-0.05, 0) is 68.4 Å². The van der Waals surface area contributed by atoms with Gasteiger partial charge in [0.2, 0.25) is 10.0 Å². The van der Waals surface area contributed by atoms with E-state index in [9.17, 15) is 18.0 Å². The highest BCUT2D eigenvalue weighted by Gasteiger charge is 2.31. The molecule has 7 nitrogen and oxygen atoms in total. The van der Waals surface area contributed by atoms with Crippen LogP contribution in [0.1, 0.15) is 49.8 Å². The molecule has 1 aliphatic carbocycles. The molecule has 1 N–H and O–H groups in total. The first-order valence-electron chi connectivity index (χ1n) is 11.6. The van der Waals surface area contributed by atoms with Gasteiger partial charge in [0.15, 0.2) is 0 Å². The predicted molar refractivity (Wildman–Crippen MR) is 130 cm³/mol. The van der Waals surface area contributed by atoms with Gasteiger partial charge in [-0.3, -0.25) is 0 Å². The molecule has 0 unspecified atom stereocenters. The third-order valence-electron chi connectivity index (χ3n) is 6.49. The minimum atomic E-state index is -3.93. The zero-order valence-electron chi connectivity index (χ0n) is 19.6. The fourth-order valence-electron chi connectivity index (χ4n) is 4.25. The van der Waals surface area contributed by atoms with Crippen LogP contribution < -0.4 is 15.1 Å². The molecule has 2 aromatic carbocycles. The van der Waals surface area contributed by atoms with Gasteiger partial charge < -0.3 is 9.15 Å². The molecular formula is C26H29NO6S. The Morgan fingerprint density at radius 2 is 1.76 bits per heavy atom. The van der Waals surface area contributed by atoms with Crippen LogP contribution >= 0.6 is 0 Å².